The monoisotopic (exact) mass is 354 g/mol. The Kier molecular flexibility index (Phi) is 5.21. The average Bonchev–Trinajstić information content (AvgIpc) is 2.65. The number of amides is 1. The SMILES string of the molecule is CC(C(=O)O)C(NC(=O)c1cc2c([nH]c1=O)CCCC2)c1ccccc1. The standard InChI is InChI=1S/C20H22N2O4/c1-12(20(25)26)17(13-7-3-2-4-8-13)22-19(24)15-11-14-9-5-6-10-16(14)21-18(15)23/h2-4,7-8,11-12,17H,5-6,9-10H2,1H3,(H,21,23)(H,22,24)(H,25,26). The van der Waals surface area contributed by atoms with Crippen molar-refractivity contribution in [2.75, 3.05) is 0 Å². The van der Waals surface area contributed by atoms with E-state index in [9.17, 15) is 19.5 Å². The predicted molar refractivity (Wildman–Crippen MR) is 97.2 cm³/mol. The summed E-state index contributed by atoms with van der Waals surface area (Å²) in [7, 11) is 0. The number of aromatic nitrogens is 1. The molecule has 3 rings (SSSR count). The van der Waals surface area contributed by atoms with Gasteiger partial charge in [-0.15, -0.1) is 0 Å². The predicted octanol–water partition coefficient (Wildman–Crippen LogP) is 2.45. The molecule has 0 saturated heterocycles. The van der Waals surface area contributed by atoms with Crippen molar-refractivity contribution < 1.29 is 14.7 Å². The number of H-pyrrole nitrogens is 1. The lowest BCUT2D eigenvalue weighted by Gasteiger charge is -2.23. The summed E-state index contributed by atoms with van der Waals surface area (Å²) in [5.41, 5.74) is 2.17. The lowest BCUT2D eigenvalue weighted by Crippen LogP contribution is -2.38. The molecule has 2 unspecified atom stereocenters. The van der Waals surface area contributed by atoms with Gasteiger partial charge in [0, 0.05) is 5.69 Å². The zero-order valence-corrected chi connectivity index (χ0v) is 14.6. The quantitative estimate of drug-likeness (QED) is 0.768. The number of aryl methyl sites for hydroxylation is 2. The van der Waals surface area contributed by atoms with E-state index in [-0.39, 0.29) is 5.56 Å². The number of carbonyl (C=O) groups is 2. The molecule has 1 aromatic heterocycles. The van der Waals surface area contributed by atoms with Crippen molar-refractivity contribution in [3.05, 3.63) is 69.1 Å². The van der Waals surface area contributed by atoms with Crippen LogP contribution in [-0.2, 0) is 17.6 Å². The van der Waals surface area contributed by atoms with Crippen molar-refractivity contribution in [1.29, 1.82) is 0 Å². The van der Waals surface area contributed by atoms with Gasteiger partial charge >= 0.3 is 5.97 Å². The van der Waals surface area contributed by atoms with Gasteiger partial charge in [0.05, 0.1) is 12.0 Å². The Morgan fingerprint density at radius 1 is 1.15 bits per heavy atom. The van der Waals surface area contributed by atoms with Crippen LogP contribution in [0.4, 0.5) is 0 Å². The molecule has 0 fully saturated rings. The molecule has 1 aromatic carbocycles. The van der Waals surface area contributed by atoms with Crippen LogP contribution in [-0.4, -0.2) is 22.0 Å². The largest absolute Gasteiger partial charge is 0.481 e. The van der Waals surface area contributed by atoms with Crippen LogP contribution in [0.2, 0.25) is 0 Å². The number of hydrogen-bond acceptors (Lipinski definition) is 3. The molecule has 0 spiro atoms. The number of aromatic amines is 1. The minimum Gasteiger partial charge on any atom is -0.481 e. The van der Waals surface area contributed by atoms with E-state index in [1.54, 1.807) is 30.3 Å². The zero-order chi connectivity index (χ0) is 18.7. The summed E-state index contributed by atoms with van der Waals surface area (Å²) < 4.78 is 0. The van der Waals surface area contributed by atoms with Gasteiger partial charge in [-0.1, -0.05) is 30.3 Å². The third kappa shape index (κ3) is 3.69. The molecule has 6 heteroatoms. The van der Waals surface area contributed by atoms with Gasteiger partial charge in [0.15, 0.2) is 0 Å². The Bertz CT molecular complexity index is 873. The second-order valence-corrected chi connectivity index (χ2v) is 6.71. The first kappa shape index (κ1) is 17.9. The van der Waals surface area contributed by atoms with E-state index in [2.05, 4.69) is 10.3 Å². The van der Waals surface area contributed by atoms with E-state index in [4.69, 9.17) is 0 Å². The lowest BCUT2D eigenvalue weighted by atomic mass is 9.93. The normalized spacial score (nSPS) is 15.6. The van der Waals surface area contributed by atoms with Gasteiger partial charge in [0.2, 0.25) is 0 Å². The van der Waals surface area contributed by atoms with Crippen molar-refractivity contribution in [1.82, 2.24) is 10.3 Å². The number of fused-ring (bicyclic) bond motifs is 1. The summed E-state index contributed by atoms with van der Waals surface area (Å²) in [5, 5.41) is 12.1. The first-order chi connectivity index (χ1) is 12.5. The number of carbonyl (C=O) groups excluding carboxylic acids is 1. The fourth-order valence-corrected chi connectivity index (χ4v) is 3.36. The number of carboxylic acids is 1. The summed E-state index contributed by atoms with van der Waals surface area (Å²) in [6.07, 6.45) is 3.71. The average molecular weight is 354 g/mol. The van der Waals surface area contributed by atoms with E-state index in [0.29, 0.717) is 5.56 Å². The van der Waals surface area contributed by atoms with Gasteiger partial charge < -0.3 is 15.4 Å². The van der Waals surface area contributed by atoms with Crippen LogP contribution in [0.5, 0.6) is 0 Å². The lowest BCUT2D eigenvalue weighted by molar-refractivity contribution is -0.142. The molecule has 0 saturated carbocycles. The Morgan fingerprint density at radius 2 is 1.85 bits per heavy atom. The maximum atomic E-state index is 12.7. The van der Waals surface area contributed by atoms with Crippen LogP contribution in [0.25, 0.3) is 0 Å². The summed E-state index contributed by atoms with van der Waals surface area (Å²) in [6.45, 7) is 1.54. The van der Waals surface area contributed by atoms with Gasteiger partial charge in [0.25, 0.3) is 11.5 Å². The first-order valence-corrected chi connectivity index (χ1v) is 8.81. The first-order valence-electron chi connectivity index (χ1n) is 8.81. The maximum absolute atomic E-state index is 12.7. The smallest absolute Gasteiger partial charge is 0.308 e. The summed E-state index contributed by atoms with van der Waals surface area (Å²) in [5.74, 6) is -2.40. The van der Waals surface area contributed by atoms with E-state index >= 15 is 0 Å². The van der Waals surface area contributed by atoms with Crippen LogP contribution in [0.15, 0.2) is 41.2 Å². The van der Waals surface area contributed by atoms with E-state index in [1.807, 2.05) is 6.07 Å². The fourth-order valence-electron chi connectivity index (χ4n) is 3.36. The van der Waals surface area contributed by atoms with Crippen molar-refractivity contribution in [2.45, 2.75) is 38.6 Å². The van der Waals surface area contributed by atoms with Crippen LogP contribution < -0.4 is 10.9 Å². The number of rotatable bonds is 5. The highest BCUT2D eigenvalue weighted by Crippen LogP contribution is 2.23. The van der Waals surface area contributed by atoms with Crippen LogP contribution in [0.1, 0.15) is 53.0 Å². The highest BCUT2D eigenvalue weighted by Gasteiger charge is 2.28. The molecule has 2 aromatic rings. The zero-order valence-electron chi connectivity index (χ0n) is 14.6. The second-order valence-electron chi connectivity index (χ2n) is 6.71. The van der Waals surface area contributed by atoms with Gasteiger partial charge in [0.1, 0.15) is 5.56 Å². The molecule has 6 nitrogen and oxygen atoms in total. The van der Waals surface area contributed by atoms with E-state index in [0.717, 1.165) is 36.9 Å². The summed E-state index contributed by atoms with van der Waals surface area (Å²) in [4.78, 5) is 39.3. The Hall–Kier alpha value is -2.89. The number of nitrogens with one attached hydrogen (secondary N) is 2. The van der Waals surface area contributed by atoms with E-state index in [1.165, 1.54) is 6.92 Å². The highest BCUT2D eigenvalue weighted by atomic mass is 16.4. The van der Waals surface area contributed by atoms with Crippen LogP contribution in [0.3, 0.4) is 0 Å². The van der Waals surface area contributed by atoms with Gasteiger partial charge in [-0.25, -0.2) is 0 Å². The topological polar surface area (TPSA) is 99.3 Å². The minimum absolute atomic E-state index is 0.0316. The number of carboxylic acid groups (broad SMARTS) is 1. The molecular formula is C20H22N2O4. The van der Waals surface area contributed by atoms with E-state index < -0.39 is 29.4 Å². The molecule has 0 radical (unpaired) electrons. The molecular weight excluding hydrogens is 332 g/mol. The molecule has 0 aliphatic heterocycles. The second kappa shape index (κ2) is 7.56. The highest BCUT2D eigenvalue weighted by molar-refractivity contribution is 5.94. The molecule has 1 amide bonds. The molecule has 1 aliphatic rings. The third-order valence-corrected chi connectivity index (χ3v) is 4.92. The molecule has 3 N–H and O–H groups in total. The van der Waals surface area contributed by atoms with Crippen molar-refractivity contribution in [3.8, 4) is 0 Å². The van der Waals surface area contributed by atoms with Gasteiger partial charge in [-0.05, 0) is 49.8 Å². The van der Waals surface area contributed by atoms with Crippen LogP contribution in [0, 0.1) is 5.92 Å². The number of benzene rings is 1. The van der Waals surface area contributed by atoms with Crippen molar-refractivity contribution in [2.24, 2.45) is 5.92 Å². The fraction of sp³-hybridized carbons (Fsp3) is 0.350. The Labute approximate surface area is 151 Å². The number of pyridine rings is 1. The van der Waals surface area contributed by atoms with Crippen molar-refractivity contribution in [3.63, 3.8) is 0 Å². The van der Waals surface area contributed by atoms with Gasteiger partial charge in [-0.3, -0.25) is 14.4 Å². The van der Waals surface area contributed by atoms with Crippen LogP contribution >= 0.6 is 0 Å². The molecule has 26 heavy (non-hydrogen) atoms. The Morgan fingerprint density at radius 3 is 2.54 bits per heavy atom. The number of hydrogen-bond donors (Lipinski definition) is 3. The molecule has 136 valence electrons. The summed E-state index contributed by atoms with van der Waals surface area (Å²) >= 11 is 0. The molecule has 0 bridgehead atoms. The number of aliphatic carboxylic acids is 1. The Balaban J connectivity index is 1.91. The molecule has 1 heterocycles. The maximum Gasteiger partial charge on any atom is 0.308 e. The molecule has 2 atom stereocenters. The molecule has 1 aliphatic carbocycles. The van der Waals surface area contributed by atoms with Gasteiger partial charge in [-0.2, -0.15) is 0 Å². The third-order valence-electron chi connectivity index (χ3n) is 4.92. The van der Waals surface area contributed by atoms with Crippen molar-refractivity contribution >= 4 is 11.9 Å². The minimum atomic E-state index is -1.02. The summed E-state index contributed by atoms with van der Waals surface area (Å²) in [6, 6.07) is 9.85.